The first kappa shape index (κ1) is 6.40. The first-order chi connectivity index (χ1) is 5.36. The summed E-state index contributed by atoms with van der Waals surface area (Å²) in [6.07, 6.45) is 9.25. The lowest BCUT2D eigenvalue weighted by Gasteiger charge is -1.88. The Morgan fingerprint density at radius 1 is 1.55 bits per heavy atom. The largest absolute Gasteiger partial charge is 0.278 e. The topological polar surface area (TPSA) is 28.7 Å². The van der Waals surface area contributed by atoms with E-state index < -0.39 is 0 Å². The molecule has 0 unspecified atom stereocenters. The number of aromatic nitrogens is 2. The van der Waals surface area contributed by atoms with Gasteiger partial charge >= 0.3 is 0 Å². The Morgan fingerprint density at radius 2 is 2.45 bits per heavy atom. The van der Waals surface area contributed by atoms with E-state index in [9.17, 15) is 0 Å². The Kier molecular flexibility index (Phi) is 1.39. The van der Waals surface area contributed by atoms with E-state index in [1.165, 1.54) is 11.1 Å². The van der Waals surface area contributed by atoms with Gasteiger partial charge in [0.1, 0.15) is 0 Å². The molecule has 11 heavy (non-hydrogen) atoms. The molecular weight excluding hydrogens is 136 g/mol. The monoisotopic (exact) mass is 148 g/mol. The lowest BCUT2D eigenvalue weighted by molar-refractivity contribution is 1.08. The molecule has 0 aromatic carbocycles. The highest BCUT2D eigenvalue weighted by molar-refractivity contribution is 5.54. The van der Waals surface area contributed by atoms with E-state index in [1.54, 1.807) is 0 Å². The first-order valence-electron chi connectivity index (χ1n) is 3.73. The number of nitrogens with zero attached hydrogens (tertiary/aromatic N) is 1. The van der Waals surface area contributed by atoms with Crippen LogP contribution >= 0.6 is 0 Å². The minimum atomic E-state index is 0. The molecule has 1 aromatic heterocycles. The van der Waals surface area contributed by atoms with Crippen LogP contribution in [0.15, 0.2) is 23.9 Å². The Balaban J connectivity index is 0.000000720. The van der Waals surface area contributed by atoms with Crippen molar-refractivity contribution >= 4 is 6.08 Å². The second kappa shape index (κ2) is 2.38. The van der Waals surface area contributed by atoms with Gasteiger partial charge in [0.05, 0.1) is 11.9 Å². The van der Waals surface area contributed by atoms with Crippen LogP contribution in [0.2, 0.25) is 0 Å². The Morgan fingerprint density at radius 3 is 3.36 bits per heavy atom. The Bertz CT molecular complexity index is 323. The minimum Gasteiger partial charge on any atom is -0.278 e. The molecule has 0 fully saturated rings. The first-order valence-corrected chi connectivity index (χ1v) is 3.73. The summed E-state index contributed by atoms with van der Waals surface area (Å²) >= 11 is 0. The van der Waals surface area contributed by atoms with Crippen molar-refractivity contribution in [3.8, 4) is 0 Å². The third kappa shape index (κ3) is 1.11. The zero-order valence-electron chi connectivity index (χ0n) is 6.46. The zero-order valence-corrected chi connectivity index (χ0v) is 6.46. The molecule has 1 heterocycles. The number of rotatable bonds is 0. The van der Waals surface area contributed by atoms with Crippen LogP contribution in [0, 0.1) is 0 Å². The van der Waals surface area contributed by atoms with E-state index in [0.717, 1.165) is 12.1 Å². The quantitative estimate of drug-likeness (QED) is 0.600. The van der Waals surface area contributed by atoms with Crippen LogP contribution in [0.1, 0.15) is 19.6 Å². The summed E-state index contributed by atoms with van der Waals surface area (Å²) < 4.78 is 0. The molecule has 58 valence electrons. The van der Waals surface area contributed by atoms with Gasteiger partial charge in [0.2, 0.25) is 0 Å². The Hall–Kier alpha value is -1.31. The molecule has 0 saturated heterocycles. The summed E-state index contributed by atoms with van der Waals surface area (Å²) in [5, 5.41) is 6.91. The summed E-state index contributed by atoms with van der Waals surface area (Å²) in [4.78, 5) is 0. The molecule has 0 bridgehead atoms. The predicted molar refractivity (Wildman–Crippen MR) is 47.2 cm³/mol. The molecule has 1 aromatic rings. The molecule has 0 amide bonds. The van der Waals surface area contributed by atoms with Gasteiger partial charge in [-0.3, -0.25) is 5.10 Å². The second-order valence-corrected chi connectivity index (χ2v) is 2.79. The highest BCUT2D eigenvalue weighted by Gasteiger charge is 2.02. The third-order valence-electron chi connectivity index (χ3n) is 1.91. The molecule has 0 aliphatic heterocycles. The fourth-order valence-corrected chi connectivity index (χ4v) is 1.18. The zero-order chi connectivity index (χ0) is 7.68. The Labute approximate surface area is 67.1 Å². The maximum atomic E-state index is 3.96. The number of hydrogen-bond donors (Lipinski definition) is 1. The molecule has 1 N–H and O–H groups in total. The van der Waals surface area contributed by atoms with Crippen LogP contribution in [0.5, 0.6) is 0 Å². The molecule has 0 spiro atoms. The fraction of sp³-hybridized carbons (Fsp3) is 0.222. The van der Waals surface area contributed by atoms with E-state index in [2.05, 4.69) is 35.3 Å². The van der Waals surface area contributed by atoms with Crippen LogP contribution in [0.25, 0.3) is 6.08 Å². The predicted octanol–water partition coefficient (Wildman–Crippen LogP) is 2.17. The van der Waals surface area contributed by atoms with Crippen LogP contribution in [0.4, 0.5) is 0 Å². The van der Waals surface area contributed by atoms with Crippen molar-refractivity contribution in [1.29, 1.82) is 0 Å². The average Bonchev–Trinajstić information content (AvgIpc) is 2.38. The van der Waals surface area contributed by atoms with Crippen molar-refractivity contribution in [2.75, 3.05) is 0 Å². The van der Waals surface area contributed by atoms with Crippen LogP contribution in [-0.2, 0) is 6.42 Å². The van der Waals surface area contributed by atoms with Gasteiger partial charge < -0.3 is 0 Å². The van der Waals surface area contributed by atoms with Gasteiger partial charge in [-0.25, -0.2) is 0 Å². The SMILES string of the molecule is CC1=CCc2cn[nH]c2C=C1.[HH]. The molecule has 2 heteroatoms. The van der Waals surface area contributed by atoms with Gasteiger partial charge in [0, 0.05) is 6.99 Å². The maximum absolute atomic E-state index is 3.96. The van der Waals surface area contributed by atoms with Gasteiger partial charge in [0.25, 0.3) is 0 Å². The van der Waals surface area contributed by atoms with Crippen LogP contribution in [0.3, 0.4) is 0 Å². The third-order valence-corrected chi connectivity index (χ3v) is 1.91. The lowest BCUT2D eigenvalue weighted by atomic mass is 10.2. The minimum absolute atomic E-state index is 0. The number of aromatic amines is 1. The van der Waals surface area contributed by atoms with Crippen molar-refractivity contribution in [2.24, 2.45) is 0 Å². The number of H-pyrrole nitrogens is 1. The smallest absolute Gasteiger partial charge is 0.0613 e. The molecule has 2 nitrogen and oxygen atoms in total. The molecule has 0 radical (unpaired) electrons. The van der Waals surface area contributed by atoms with Gasteiger partial charge in [-0.1, -0.05) is 17.7 Å². The van der Waals surface area contributed by atoms with Crippen molar-refractivity contribution in [3.63, 3.8) is 0 Å². The number of fused-ring (bicyclic) bond motifs is 1. The molecule has 0 saturated carbocycles. The summed E-state index contributed by atoms with van der Waals surface area (Å²) in [7, 11) is 0. The van der Waals surface area contributed by atoms with Gasteiger partial charge in [0.15, 0.2) is 0 Å². The fourth-order valence-electron chi connectivity index (χ4n) is 1.18. The van der Waals surface area contributed by atoms with Crippen molar-refractivity contribution < 1.29 is 1.43 Å². The summed E-state index contributed by atoms with van der Waals surface area (Å²) in [6.45, 7) is 2.11. The average molecular weight is 148 g/mol. The second-order valence-electron chi connectivity index (χ2n) is 2.79. The van der Waals surface area contributed by atoms with E-state index in [4.69, 9.17) is 0 Å². The molecule has 0 atom stereocenters. The maximum Gasteiger partial charge on any atom is 0.0613 e. The lowest BCUT2D eigenvalue weighted by Crippen LogP contribution is -1.79. The van der Waals surface area contributed by atoms with E-state index in [-0.39, 0.29) is 1.43 Å². The molecule has 1 aliphatic carbocycles. The molecule has 1 aliphatic rings. The van der Waals surface area contributed by atoms with Gasteiger partial charge in [-0.05, 0) is 19.4 Å². The standard InChI is InChI=1S/C9H10N2.H2/c1-7-2-4-8-6-10-11-9(8)5-3-7;/h2-3,5-6H,4H2,1H3,(H,10,11);1H. The highest BCUT2D eigenvalue weighted by Crippen LogP contribution is 2.14. The van der Waals surface area contributed by atoms with E-state index >= 15 is 0 Å². The van der Waals surface area contributed by atoms with Crippen LogP contribution < -0.4 is 0 Å². The molecule has 2 rings (SSSR count). The summed E-state index contributed by atoms with van der Waals surface area (Å²) in [5.41, 5.74) is 3.73. The van der Waals surface area contributed by atoms with Crippen molar-refractivity contribution in [1.82, 2.24) is 10.2 Å². The summed E-state index contributed by atoms with van der Waals surface area (Å²) in [5.74, 6) is 0. The summed E-state index contributed by atoms with van der Waals surface area (Å²) in [6, 6.07) is 0. The number of nitrogens with one attached hydrogen (secondary N) is 1. The van der Waals surface area contributed by atoms with Gasteiger partial charge in [-0.2, -0.15) is 5.10 Å². The van der Waals surface area contributed by atoms with E-state index in [0.29, 0.717) is 0 Å². The normalized spacial score (nSPS) is 15.5. The van der Waals surface area contributed by atoms with Crippen molar-refractivity contribution in [3.05, 3.63) is 35.2 Å². The number of hydrogen-bond acceptors (Lipinski definition) is 1. The van der Waals surface area contributed by atoms with Crippen molar-refractivity contribution in [2.45, 2.75) is 13.3 Å². The highest BCUT2D eigenvalue weighted by atomic mass is 15.1. The van der Waals surface area contributed by atoms with Crippen LogP contribution in [-0.4, -0.2) is 10.2 Å². The van der Waals surface area contributed by atoms with E-state index in [1.807, 2.05) is 6.20 Å². The van der Waals surface area contributed by atoms with Gasteiger partial charge in [-0.15, -0.1) is 0 Å². The number of allylic oxidation sites excluding steroid dienone is 3. The molecular formula is C9H12N2.